The van der Waals surface area contributed by atoms with Crippen LogP contribution < -0.4 is 10.1 Å². The monoisotopic (exact) mass is 625 g/mol. The van der Waals surface area contributed by atoms with E-state index in [1.54, 1.807) is 5.32 Å². The van der Waals surface area contributed by atoms with Gasteiger partial charge in [-0.25, -0.2) is 0 Å². The summed E-state index contributed by atoms with van der Waals surface area (Å²) in [6, 6.07) is 2.76. The van der Waals surface area contributed by atoms with Crippen LogP contribution in [0.25, 0.3) is 0 Å². The number of aliphatic hydroxyl groups is 3. The Bertz CT molecular complexity index is 1540. The number of halogens is 3. The number of hydrogen-bond donors (Lipinski definition) is 6. The zero-order valence-electron chi connectivity index (χ0n) is 23.6. The Labute approximate surface area is 248 Å². The van der Waals surface area contributed by atoms with Gasteiger partial charge in [-0.2, -0.15) is 13.2 Å². The largest absolute Gasteiger partial charge is 0.507 e. The van der Waals surface area contributed by atoms with Crippen LogP contribution in [0.5, 0.6) is 17.2 Å². The van der Waals surface area contributed by atoms with Crippen LogP contribution in [0.4, 0.5) is 13.2 Å². The third-order valence-electron chi connectivity index (χ3n) is 8.48. The number of ketones is 2. The number of aromatic hydroxyl groups is 2. The fraction of sp³-hybridized carbons (Fsp3) is 0.483. The fourth-order valence-corrected chi connectivity index (χ4v) is 6.10. The van der Waals surface area contributed by atoms with Gasteiger partial charge in [0.1, 0.15) is 23.4 Å². The van der Waals surface area contributed by atoms with Crippen LogP contribution in [-0.4, -0.2) is 92.5 Å². The molecule has 6 N–H and O–H groups in total. The number of benzene rings is 2. The van der Waals surface area contributed by atoms with Crippen molar-refractivity contribution in [1.29, 1.82) is 0 Å². The molecule has 1 saturated heterocycles. The standard InChI is InChI=1S/C29H30F3NO11/c1-10-22(35)14(33-27(40)29(30,31)32)7-17(43-10)44-16-9-28(41,11(2)34)8-13-19(16)26(39)21-20(24(13)37)23(36)12-5-4-6-15(42-3)18(12)25(21)38/h4-6,10-11,14,16-17,22,34-35,37,39,41H,7-9H2,1-3H3,(H,33,40)/t10-,11?,14-,16-,17-,22+,28-/m0/s1. The number of rotatable bonds is 5. The number of carbonyl (C=O) groups excluding carboxylic acids is 3. The molecule has 1 heterocycles. The predicted octanol–water partition coefficient (Wildman–Crippen LogP) is 1.54. The highest BCUT2D eigenvalue weighted by Gasteiger charge is 2.50. The van der Waals surface area contributed by atoms with Crippen LogP contribution in [0.3, 0.4) is 0 Å². The van der Waals surface area contributed by atoms with Crippen molar-refractivity contribution in [3.63, 3.8) is 0 Å². The molecule has 3 aliphatic rings. The zero-order chi connectivity index (χ0) is 32.5. The van der Waals surface area contributed by atoms with Crippen LogP contribution >= 0.6 is 0 Å². The van der Waals surface area contributed by atoms with Crippen molar-refractivity contribution in [1.82, 2.24) is 5.32 Å². The van der Waals surface area contributed by atoms with Crippen LogP contribution in [0, 0.1) is 0 Å². The van der Waals surface area contributed by atoms with E-state index in [1.807, 2.05) is 0 Å². The molecule has 238 valence electrons. The molecule has 15 heteroatoms. The maximum atomic E-state index is 13.7. The fourth-order valence-electron chi connectivity index (χ4n) is 6.10. The Morgan fingerprint density at radius 3 is 2.41 bits per heavy atom. The number of carbonyl (C=O) groups is 3. The molecule has 2 aromatic rings. The van der Waals surface area contributed by atoms with E-state index in [9.17, 15) is 53.1 Å². The number of aliphatic hydroxyl groups excluding tert-OH is 2. The highest BCUT2D eigenvalue weighted by Crippen LogP contribution is 2.53. The van der Waals surface area contributed by atoms with Gasteiger partial charge >= 0.3 is 12.1 Å². The van der Waals surface area contributed by atoms with Gasteiger partial charge in [-0.15, -0.1) is 0 Å². The molecule has 5 rings (SSSR count). The highest BCUT2D eigenvalue weighted by atomic mass is 19.4. The van der Waals surface area contributed by atoms with E-state index in [2.05, 4.69) is 0 Å². The number of methoxy groups -OCH3 is 1. The van der Waals surface area contributed by atoms with E-state index in [-0.39, 0.29) is 28.0 Å². The van der Waals surface area contributed by atoms with Gasteiger partial charge < -0.3 is 45.1 Å². The molecule has 44 heavy (non-hydrogen) atoms. The van der Waals surface area contributed by atoms with Gasteiger partial charge in [0.25, 0.3) is 0 Å². The summed E-state index contributed by atoms with van der Waals surface area (Å²) in [5.74, 6) is -5.42. The number of amides is 1. The first-order valence-corrected chi connectivity index (χ1v) is 13.6. The van der Waals surface area contributed by atoms with Gasteiger partial charge in [0.05, 0.1) is 53.8 Å². The third-order valence-corrected chi connectivity index (χ3v) is 8.48. The summed E-state index contributed by atoms with van der Waals surface area (Å²) in [6.45, 7) is 2.58. The molecular formula is C29H30F3NO11. The first-order valence-electron chi connectivity index (χ1n) is 13.6. The second-order valence-corrected chi connectivity index (χ2v) is 11.2. The number of alkyl halides is 3. The Morgan fingerprint density at radius 2 is 1.80 bits per heavy atom. The molecule has 1 fully saturated rings. The van der Waals surface area contributed by atoms with E-state index >= 15 is 0 Å². The van der Waals surface area contributed by atoms with Crippen LogP contribution in [0.1, 0.15) is 75.8 Å². The number of phenols is 2. The van der Waals surface area contributed by atoms with E-state index in [1.165, 1.54) is 39.2 Å². The Morgan fingerprint density at radius 1 is 1.14 bits per heavy atom. The minimum Gasteiger partial charge on any atom is -0.507 e. The smallest absolute Gasteiger partial charge is 0.471 e. The average Bonchev–Trinajstić information content (AvgIpc) is 2.94. The zero-order valence-corrected chi connectivity index (χ0v) is 23.6. The van der Waals surface area contributed by atoms with Gasteiger partial charge in [0.2, 0.25) is 5.78 Å². The first-order chi connectivity index (χ1) is 20.5. The van der Waals surface area contributed by atoms with Crippen molar-refractivity contribution in [3.8, 4) is 17.2 Å². The number of phenolic OH excluding ortho intramolecular Hbond substituents is 2. The second kappa shape index (κ2) is 11.0. The molecule has 0 radical (unpaired) electrons. The summed E-state index contributed by atoms with van der Waals surface area (Å²) in [4.78, 5) is 38.9. The summed E-state index contributed by atoms with van der Waals surface area (Å²) in [5.41, 5.74) is -3.77. The van der Waals surface area contributed by atoms with Crippen LogP contribution in [0.15, 0.2) is 18.2 Å². The van der Waals surface area contributed by atoms with Crippen LogP contribution in [-0.2, 0) is 20.7 Å². The van der Waals surface area contributed by atoms with Crippen molar-refractivity contribution in [3.05, 3.63) is 51.6 Å². The van der Waals surface area contributed by atoms with Crippen LogP contribution in [0.2, 0.25) is 0 Å². The van der Waals surface area contributed by atoms with Gasteiger partial charge in [0.15, 0.2) is 12.1 Å². The van der Waals surface area contributed by atoms with E-state index in [0.717, 1.165) is 0 Å². The molecule has 0 saturated carbocycles. The molecule has 1 amide bonds. The maximum Gasteiger partial charge on any atom is 0.471 e. The summed E-state index contributed by atoms with van der Waals surface area (Å²) in [7, 11) is 1.28. The second-order valence-electron chi connectivity index (χ2n) is 11.2. The van der Waals surface area contributed by atoms with Crippen molar-refractivity contribution in [2.45, 2.75) is 81.6 Å². The van der Waals surface area contributed by atoms with E-state index in [4.69, 9.17) is 14.2 Å². The van der Waals surface area contributed by atoms with Crippen molar-refractivity contribution < 1.29 is 67.3 Å². The molecule has 1 unspecified atom stereocenters. The number of nitrogens with one attached hydrogen (secondary N) is 1. The lowest BCUT2D eigenvalue weighted by Gasteiger charge is -2.44. The Balaban J connectivity index is 1.59. The van der Waals surface area contributed by atoms with Crippen molar-refractivity contribution in [2.24, 2.45) is 0 Å². The minimum absolute atomic E-state index is 0.0366. The molecule has 12 nitrogen and oxygen atoms in total. The summed E-state index contributed by atoms with van der Waals surface area (Å²) >= 11 is 0. The molecule has 0 aromatic heterocycles. The normalized spacial score (nSPS) is 28.9. The van der Waals surface area contributed by atoms with E-state index in [0.29, 0.717) is 0 Å². The lowest BCUT2D eigenvalue weighted by molar-refractivity contribution is -0.253. The molecule has 1 aliphatic heterocycles. The molecule has 2 aliphatic carbocycles. The molecule has 0 spiro atoms. The maximum absolute atomic E-state index is 13.7. The Kier molecular flexibility index (Phi) is 7.91. The summed E-state index contributed by atoms with van der Waals surface area (Å²) in [5, 5.41) is 56.8. The minimum atomic E-state index is -5.23. The quantitative estimate of drug-likeness (QED) is 0.226. The van der Waals surface area contributed by atoms with Gasteiger partial charge in [-0.1, -0.05) is 12.1 Å². The number of fused-ring (bicyclic) bond motifs is 3. The molecule has 7 atom stereocenters. The lowest BCUT2D eigenvalue weighted by Crippen LogP contribution is -2.57. The van der Waals surface area contributed by atoms with Crippen molar-refractivity contribution >= 4 is 17.5 Å². The van der Waals surface area contributed by atoms with Gasteiger partial charge in [-0.05, 0) is 19.9 Å². The molecule has 0 bridgehead atoms. The highest BCUT2D eigenvalue weighted by molar-refractivity contribution is 6.31. The van der Waals surface area contributed by atoms with Gasteiger partial charge in [-0.3, -0.25) is 14.4 Å². The number of hydrogen-bond acceptors (Lipinski definition) is 11. The Hall–Kier alpha value is -3.76. The van der Waals surface area contributed by atoms with Crippen molar-refractivity contribution in [2.75, 3.05) is 7.11 Å². The molecular weight excluding hydrogens is 595 g/mol. The number of ether oxygens (including phenoxy) is 3. The average molecular weight is 626 g/mol. The van der Waals surface area contributed by atoms with Gasteiger partial charge in [0, 0.05) is 36.0 Å². The predicted molar refractivity (Wildman–Crippen MR) is 141 cm³/mol. The SMILES string of the molecule is COc1cccc2c1C(=O)c1c(O)c3c(c(O)c1C2=O)C[C@@](O)(C(C)O)C[C@@H]3O[C@H]1C[C@H](NC(=O)C(F)(F)F)[C@H](O)[C@H](C)O1. The molecule has 2 aromatic carbocycles. The first kappa shape index (κ1) is 31.7. The van der Waals surface area contributed by atoms with E-state index < -0.39 is 108 Å². The lowest BCUT2D eigenvalue weighted by atomic mass is 9.71. The third kappa shape index (κ3) is 5.07. The summed E-state index contributed by atoms with van der Waals surface area (Å²) in [6.07, 6.45) is -13.8. The summed E-state index contributed by atoms with van der Waals surface area (Å²) < 4.78 is 55.6. The topological polar surface area (TPSA) is 192 Å².